The van der Waals surface area contributed by atoms with E-state index in [4.69, 9.17) is 4.42 Å². The molecule has 0 bridgehead atoms. The van der Waals surface area contributed by atoms with Crippen molar-refractivity contribution < 1.29 is 8.63 Å². The molecule has 1 heterocycles. The lowest BCUT2D eigenvalue weighted by Gasteiger charge is -2.04. The van der Waals surface area contributed by atoms with E-state index in [0.717, 1.165) is 28.5 Å². The number of benzene rings is 1. The number of nitrogens with one attached hydrogen (secondary N) is 1. The molecule has 1 unspecified atom stereocenters. The largest absolute Gasteiger partial charge is 0.464 e. The summed E-state index contributed by atoms with van der Waals surface area (Å²) in [6.07, 6.45) is 2.54. The van der Waals surface area contributed by atoms with E-state index >= 15 is 0 Å². The van der Waals surface area contributed by atoms with Gasteiger partial charge in [-0.2, -0.15) is 0 Å². The Morgan fingerprint density at radius 1 is 1.20 bits per heavy atom. The average Bonchev–Trinajstić information content (AvgIpc) is 3.17. The first kappa shape index (κ1) is 13.6. The van der Waals surface area contributed by atoms with Crippen molar-refractivity contribution in [1.29, 1.82) is 0 Å². The maximum Gasteiger partial charge on any atom is 0.118 e. The summed E-state index contributed by atoms with van der Waals surface area (Å²) in [4.78, 5) is 0.890. The van der Waals surface area contributed by atoms with Crippen molar-refractivity contribution in [2.75, 3.05) is 0 Å². The summed E-state index contributed by atoms with van der Waals surface area (Å²) >= 11 is 0. The predicted molar refractivity (Wildman–Crippen MR) is 79.9 cm³/mol. The second kappa shape index (κ2) is 5.94. The summed E-state index contributed by atoms with van der Waals surface area (Å²) in [6.45, 7) is 2.75. The van der Waals surface area contributed by atoms with Crippen LogP contribution in [0.3, 0.4) is 0 Å². The SMILES string of the molecule is Cc1ccccc1S(=O)Cc1ccc(CNC2CC2)o1. The zero-order valence-electron chi connectivity index (χ0n) is 11.6. The van der Waals surface area contributed by atoms with Crippen LogP contribution in [0.2, 0.25) is 0 Å². The van der Waals surface area contributed by atoms with Gasteiger partial charge < -0.3 is 9.73 Å². The van der Waals surface area contributed by atoms with Gasteiger partial charge in [-0.3, -0.25) is 4.21 Å². The molecule has 4 heteroatoms. The van der Waals surface area contributed by atoms with E-state index in [1.807, 2.05) is 43.3 Å². The molecule has 20 heavy (non-hydrogen) atoms. The fraction of sp³-hybridized carbons (Fsp3) is 0.375. The van der Waals surface area contributed by atoms with E-state index in [-0.39, 0.29) is 0 Å². The summed E-state index contributed by atoms with van der Waals surface area (Å²) < 4.78 is 18.1. The zero-order valence-corrected chi connectivity index (χ0v) is 12.4. The van der Waals surface area contributed by atoms with Crippen molar-refractivity contribution in [1.82, 2.24) is 5.32 Å². The Kier molecular flexibility index (Phi) is 4.03. The molecule has 106 valence electrons. The van der Waals surface area contributed by atoms with Crippen molar-refractivity contribution in [3.8, 4) is 0 Å². The minimum Gasteiger partial charge on any atom is -0.464 e. The van der Waals surface area contributed by atoms with Crippen LogP contribution in [0.25, 0.3) is 0 Å². The third-order valence-corrected chi connectivity index (χ3v) is 4.97. The van der Waals surface area contributed by atoms with Crippen molar-refractivity contribution >= 4 is 10.8 Å². The Hall–Kier alpha value is -1.39. The number of rotatable bonds is 6. The molecule has 1 aliphatic rings. The number of hydrogen-bond donors (Lipinski definition) is 1. The van der Waals surface area contributed by atoms with Gasteiger partial charge in [0.05, 0.1) is 23.1 Å². The first-order valence-corrected chi connectivity index (χ1v) is 8.29. The van der Waals surface area contributed by atoms with E-state index in [9.17, 15) is 4.21 Å². The molecule has 0 aliphatic heterocycles. The quantitative estimate of drug-likeness (QED) is 0.888. The van der Waals surface area contributed by atoms with Crippen LogP contribution in [0, 0.1) is 6.92 Å². The molecule has 0 radical (unpaired) electrons. The van der Waals surface area contributed by atoms with E-state index in [0.29, 0.717) is 11.8 Å². The van der Waals surface area contributed by atoms with Crippen LogP contribution < -0.4 is 5.32 Å². The topological polar surface area (TPSA) is 42.2 Å². The molecule has 0 amide bonds. The van der Waals surface area contributed by atoms with Gasteiger partial charge in [0.2, 0.25) is 0 Å². The van der Waals surface area contributed by atoms with E-state index in [1.165, 1.54) is 12.8 Å². The average molecular weight is 289 g/mol. The molecule has 1 N–H and O–H groups in total. The number of aryl methyl sites for hydroxylation is 1. The molecule has 1 fully saturated rings. The molecule has 3 nitrogen and oxygen atoms in total. The Morgan fingerprint density at radius 3 is 2.70 bits per heavy atom. The zero-order chi connectivity index (χ0) is 13.9. The highest BCUT2D eigenvalue weighted by atomic mass is 32.2. The summed E-state index contributed by atoms with van der Waals surface area (Å²) in [5.74, 6) is 2.15. The van der Waals surface area contributed by atoms with Gasteiger partial charge in [0, 0.05) is 10.9 Å². The fourth-order valence-corrected chi connectivity index (χ4v) is 3.37. The Bertz CT molecular complexity index is 616. The lowest BCUT2D eigenvalue weighted by Crippen LogP contribution is -2.14. The standard InChI is InChI=1S/C16H19NO2S/c1-12-4-2-3-5-16(12)20(18)11-15-9-8-14(19-15)10-17-13-6-7-13/h2-5,8-9,13,17H,6-7,10-11H2,1H3. The maximum absolute atomic E-state index is 12.4. The van der Waals surface area contributed by atoms with Gasteiger partial charge >= 0.3 is 0 Å². The fourth-order valence-electron chi connectivity index (χ4n) is 2.15. The summed E-state index contributed by atoms with van der Waals surface area (Å²) in [5, 5.41) is 3.41. The van der Waals surface area contributed by atoms with Crippen LogP contribution in [0.1, 0.15) is 29.9 Å². The van der Waals surface area contributed by atoms with Crippen LogP contribution >= 0.6 is 0 Å². The lowest BCUT2D eigenvalue weighted by atomic mass is 10.2. The molecular formula is C16H19NO2S. The normalized spacial score (nSPS) is 16.2. The van der Waals surface area contributed by atoms with Gasteiger partial charge in [-0.1, -0.05) is 18.2 Å². The van der Waals surface area contributed by atoms with E-state index in [1.54, 1.807) is 0 Å². The number of furan rings is 1. The molecule has 3 rings (SSSR count). The van der Waals surface area contributed by atoms with Gasteiger partial charge in [0.25, 0.3) is 0 Å². The lowest BCUT2D eigenvalue weighted by molar-refractivity contribution is 0.457. The summed E-state index contributed by atoms with van der Waals surface area (Å²) in [6, 6.07) is 12.4. The maximum atomic E-state index is 12.4. The molecule has 1 aliphatic carbocycles. The Labute approximate surface area is 121 Å². The highest BCUT2D eigenvalue weighted by Crippen LogP contribution is 2.21. The van der Waals surface area contributed by atoms with Crippen LogP contribution in [0.4, 0.5) is 0 Å². The van der Waals surface area contributed by atoms with Crippen LogP contribution in [0.15, 0.2) is 45.7 Å². The molecule has 2 aromatic rings. The van der Waals surface area contributed by atoms with Gasteiger partial charge in [-0.15, -0.1) is 0 Å². The second-order valence-electron chi connectivity index (χ2n) is 5.28. The van der Waals surface area contributed by atoms with Crippen LogP contribution in [0.5, 0.6) is 0 Å². The molecule has 0 saturated heterocycles. The van der Waals surface area contributed by atoms with Crippen molar-refractivity contribution in [2.24, 2.45) is 0 Å². The second-order valence-corrected chi connectivity index (χ2v) is 6.70. The van der Waals surface area contributed by atoms with Crippen LogP contribution in [-0.4, -0.2) is 10.3 Å². The number of hydrogen-bond acceptors (Lipinski definition) is 3. The van der Waals surface area contributed by atoms with Gasteiger partial charge in [0.15, 0.2) is 0 Å². The highest BCUT2D eigenvalue weighted by molar-refractivity contribution is 7.84. The first-order chi connectivity index (χ1) is 9.72. The molecule has 1 saturated carbocycles. The first-order valence-electron chi connectivity index (χ1n) is 6.97. The van der Waals surface area contributed by atoms with Gasteiger partial charge in [0.1, 0.15) is 11.5 Å². The predicted octanol–water partition coefficient (Wildman–Crippen LogP) is 3.15. The Balaban J connectivity index is 1.62. The minimum atomic E-state index is -1.05. The van der Waals surface area contributed by atoms with E-state index in [2.05, 4.69) is 5.32 Å². The van der Waals surface area contributed by atoms with Gasteiger partial charge in [-0.05, 0) is 43.5 Å². The van der Waals surface area contributed by atoms with Gasteiger partial charge in [-0.25, -0.2) is 0 Å². The minimum absolute atomic E-state index is 0.439. The van der Waals surface area contributed by atoms with E-state index < -0.39 is 10.8 Å². The molecule has 1 atom stereocenters. The molecule has 1 aromatic carbocycles. The van der Waals surface area contributed by atoms with Crippen molar-refractivity contribution in [2.45, 2.75) is 43.0 Å². The smallest absolute Gasteiger partial charge is 0.118 e. The van der Waals surface area contributed by atoms with Crippen molar-refractivity contribution in [3.05, 3.63) is 53.5 Å². The Morgan fingerprint density at radius 2 is 1.95 bits per heavy atom. The van der Waals surface area contributed by atoms with Crippen molar-refractivity contribution in [3.63, 3.8) is 0 Å². The molecule has 0 spiro atoms. The summed E-state index contributed by atoms with van der Waals surface area (Å²) in [7, 11) is -1.05. The third kappa shape index (κ3) is 3.38. The monoisotopic (exact) mass is 289 g/mol. The highest BCUT2D eigenvalue weighted by Gasteiger charge is 2.20. The molecule has 1 aromatic heterocycles. The van der Waals surface area contributed by atoms with Crippen LogP contribution in [-0.2, 0) is 23.1 Å². The third-order valence-electron chi connectivity index (χ3n) is 3.47. The summed E-state index contributed by atoms with van der Waals surface area (Å²) in [5.41, 5.74) is 1.06. The molecular weight excluding hydrogens is 270 g/mol.